The molecule has 156 valence electrons. The number of benzene rings is 2. The average molecular weight is 417 g/mol. The van der Waals surface area contributed by atoms with E-state index in [9.17, 15) is 13.2 Å². The predicted molar refractivity (Wildman–Crippen MR) is 114 cm³/mol. The van der Waals surface area contributed by atoms with Crippen molar-refractivity contribution in [2.45, 2.75) is 31.6 Å². The zero-order valence-corrected chi connectivity index (χ0v) is 18.2. The summed E-state index contributed by atoms with van der Waals surface area (Å²) in [5.41, 5.74) is 2.35. The van der Waals surface area contributed by atoms with E-state index in [1.165, 1.54) is 4.31 Å². The van der Waals surface area contributed by atoms with Crippen LogP contribution in [-0.4, -0.2) is 45.9 Å². The molecule has 0 N–H and O–H groups in total. The summed E-state index contributed by atoms with van der Waals surface area (Å²) >= 11 is 0. The van der Waals surface area contributed by atoms with Crippen LogP contribution in [-0.2, 0) is 14.8 Å². The minimum Gasteiger partial charge on any atom is -0.497 e. The van der Waals surface area contributed by atoms with Crippen molar-refractivity contribution in [1.82, 2.24) is 4.31 Å². The number of carbonyl (C=O) groups excluding carboxylic acids is 1. The molecule has 0 radical (unpaired) electrons. The number of piperidine rings is 1. The number of methoxy groups -OCH3 is 1. The van der Waals surface area contributed by atoms with Crippen LogP contribution < -0.4 is 9.64 Å². The highest BCUT2D eigenvalue weighted by Gasteiger charge is 2.35. The zero-order chi connectivity index (χ0) is 21.2. The second kappa shape index (κ2) is 8.55. The monoisotopic (exact) mass is 416 g/mol. The lowest BCUT2D eigenvalue weighted by Gasteiger charge is -2.33. The number of sulfonamides is 1. The zero-order valence-electron chi connectivity index (χ0n) is 17.4. The fourth-order valence-electron chi connectivity index (χ4n) is 3.71. The maximum Gasteiger partial charge on any atom is 0.243 e. The molecule has 0 saturated carbocycles. The van der Waals surface area contributed by atoms with Crippen molar-refractivity contribution in [2.75, 3.05) is 32.1 Å². The summed E-state index contributed by atoms with van der Waals surface area (Å²) < 4.78 is 33.2. The van der Waals surface area contributed by atoms with Crippen LogP contribution in [0.15, 0.2) is 47.4 Å². The van der Waals surface area contributed by atoms with Gasteiger partial charge in [-0.05, 0) is 56.0 Å². The Hall–Kier alpha value is -2.38. The highest BCUT2D eigenvalue weighted by atomic mass is 32.2. The van der Waals surface area contributed by atoms with E-state index < -0.39 is 10.0 Å². The lowest BCUT2D eigenvalue weighted by molar-refractivity contribution is -0.123. The minimum absolute atomic E-state index is 0.0842. The van der Waals surface area contributed by atoms with Gasteiger partial charge in [-0.2, -0.15) is 4.31 Å². The summed E-state index contributed by atoms with van der Waals surface area (Å²) in [5, 5.41) is 0. The van der Waals surface area contributed by atoms with Crippen LogP contribution in [0.5, 0.6) is 5.75 Å². The van der Waals surface area contributed by atoms with Gasteiger partial charge in [-0.15, -0.1) is 0 Å². The Morgan fingerprint density at radius 1 is 1.17 bits per heavy atom. The first-order chi connectivity index (χ1) is 13.7. The lowest BCUT2D eigenvalue weighted by Crippen LogP contribution is -2.46. The number of ether oxygens (including phenoxy) is 1. The van der Waals surface area contributed by atoms with E-state index in [4.69, 9.17) is 4.74 Å². The summed E-state index contributed by atoms with van der Waals surface area (Å²) in [7, 11) is -0.341. The van der Waals surface area contributed by atoms with Crippen LogP contribution in [0.25, 0.3) is 0 Å². The summed E-state index contributed by atoms with van der Waals surface area (Å²) in [6.45, 7) is 4.31. The Labute approximate surface area is 173 Å². The molecule has 1 amide bonds. The number of hydrogen-bond donors (Lipinski definition) is 0. The quantitative estimate of drug-likeness (QED) is 0.749. The maximum absolute atomic E-state index is 13.2. The highest BCUT2D eigenvalue weighted by molar-refractivity contribution is 7.89. The molecule has 0 unspecified atom stereocenters. The Morgan fingerprint density at radius 3 is 2.66 bits per heavy atom. The van der Waals surface area contributed by atoms with Crippen LogP contribution in [0.4, 0.5) is 5.69 Å². The van der Waals surface area contributed by atoms with Gasteiger partial charge in [0, 0.05) is 31.9 Å². The van der Waals surface area contributed by atoms with E-state index in [2.05, 4.69) is 0 Å². The third-order valence-corrected chi connectivity index (χ3v) is 7.47. The molecular weight excluding hydrogens is 388 g/mol. The molecular formula is C22H28N2O4S. The standard InChI is InChI=1S/C22H28N2O4S/c1-16-10-11-17(2)21(13-16)29(26,27)24-12-6-7-18(15-24)22(25)23(3)19-8-5-9-20(14-19)28-4/h5,8-11,13-14,18H,6-7,12,15H2,1-4H3/t18-/m1/s1. The molecule has 6 nitrogen and oxygen atoms in total. The molecule has 1 aliphatic rings. The van der Waals surface area contributed by atoms with Gasteiger partial charge in [-0.25, -0.2) is 8.42 Å². The first-order valence-electron chi connectivity index (χ1n) is 9.73. The second-order valence-electron chi connectivity index (χ2n) is 7.57. The number of aryl methyl sites for hydroxylation is 2. The van der Waals surface area contributed by atoms with Gasteiger partial charge in [0.1, 0.15) is 5.75 Å². The third kappa shape index (κ3) is 4.46. The molecule has 7 heteroatoms. The summed E-state index contributed by atoms with van der Waals surface area (Å²) in [4.78, 5) is 15.0. The van der Waals surface area contributed by atoms with Crippen LogP contribution in [0.2, 0.25) is 0 Å². The van der Waals surface area contributed by atoms with E-state index in [1.807, 2.05) is 37.3 Å². The molecule has 1 aliphatic heterocycles. The maximum atomic E-state index is 13.2. The van der Waals surface area contributed by atoms with E-state index in [1.54, 1.807) is 38.1 Å². The van der Waals surface area contributed by atoms with Gasteiger partial charge in [0.15, 0.2) is 0 Å². The molecule has 29 heavy (non-hydrogen) atoms. The first kappa shape index (κ1) is 21.3. The smallest absolute Gasteiger partial charge is 0.243 e. The SMILES string of the molecule is COc1cccc(N(C)C(=O)[C@@H]2CCCN(S(=O)(=O)c3cc(C)ccc3C)C2)c1. The molecule has 0 spiro atoms. The van der Waals surface area contributed by atoms with Crippen LogP contribution >= 0.6 is 0 Å². The van der Waals surface area contributed by atoms with Gasteiger partial charge in [-0.1, -0.05) is 18.2 Å². The van der Waals surface area contributed by atoms with Crippen molar-refractivity contribution in [3.63, 3.8) is 0 Å². The van der Waals surface area contributed by atoms with E-state index >= 15 is 0 Å². The molecule has 1 saturated heterocycles. The van der Waals surface area contributed by atoms with Crippen molar-refractivity contribution in [1.29, 1.82) is 0 Å². The Balaban J connectivity index is 1.81. The summed E-state index contributed by atoms with van der Waals surface area (Å²) in [6.07, 6.45) is 1.33. The van der Waals surface area contributed by atoms with Crippen molar-refractivity contribution in [3.8, 4) is 5.75 Å². The number of hydrogen-bond acceptors (Lipinski definition) is 4. The van der Waals surface area contributed by atoms with Crippen LogP contribution in [0.3, 0.4) is 0 Å². The Morgan fingerprint density at radius 2 is 1.93 bits per heavy atom. The fraction of sp³-hybridized carbons (Fsp3) is 0.409. The topological polar surface area (TPSA) is 66.9 Å². The van der Waals surface area contributed by atoms with Crippen molar-refractivity contribution >= 4 is 21.6 Å². The molecule has 0 bridgehead atoms. The molecule has 1 heterocycles. The van der Waals surface area contributed by atoms with E-state index in [0.29, 0.717) is 30.0 Å². The second-order valence-corrected chi connectivity index (χ2v) is 9.48. The van der Waals surface area contributed by atoms with Crippen molar-refractivity contribution < 1.29 is 17.9 Å². The largest absolute Gasteiger partial charge is 0.497 e. The Kier molecular flexibility index (Phi) is 6.29. The van der Waals surface area contributed by atoms with Gasteiger partial charge >= 0.3 is 0 Å². The third-order valence-electron chi connectivity index (χ3n) is 5.47. The van der Waals surface area contributed by atoms with E-state index in [-0.39, 0.29) is 18.4 Å². The van der Waals surface area contributed by atoms with Gasteiger partial charge in [0.25, 0.3) is 0 Å². The van der Waals surface area contributed by atoms with Crippen LogP contribution in [0.1, 0.15) is 24.0 Å². The number of amides is 1. The number of nitrogens with zero attached hydrogens (tertiary/aromatic N) is 2. The summed E-state index contributed by atoms with van der Waals surface area (Å²) in [5.74, 6) is 0.212. The number of carbonyl (C=O) groups is 1. The molecule has 1 fully saturated rings. The Bertz CT molecular complexity index is 1000. The fourth-order valence-corrected chi connectivity index (χ4v) is 5.54. The van der Waals surface area contributed by atoms with Gasteiger partial charge in [-0.3, -0.25) is 4.79 Å². The van der Waals surface area contributed by atoms with Crippen molar-refractivity contribution in [3.05, 3.63) is 53.6 Å². The average Bonchev–Trinajstić information content (AvgIpc) is 2.74. The number of anilines is 1. The lowest BCUT2D eigenvalue weighted by atomic mass is 9.98. The number of rotatable bonds is 5. The molecule has 3 rings (SSSR count). The molecule has 2 aromatic carbocycles. The highest BCUT2D eigenvalue weighted by Crippen LogP contribution is 2.29. The summed E-state index contributed by atoms with van der Waals surface area (Å²) in [6, 6.07) is 12.7. The predicted octanol–water partition coefficient (Wildman–Crippen LogP) is 3.38. The van der Waals surface area contributed by atoms with Gasteiger partial charge in [0.05, 0.1) is 17.9 Å². The van der Waals surface area contributed by atoms with Crippen molar-refractivity contribution in [2.24, 2.45) is 5.92 Å². The van der Waals surface area contributed by atoms with Gasteiger partial charge in [0.2, 0.25) is 15.9 Å². The van der Waals surface area contributed by atoms with Gasteiger partial charge < -0.3 is 9.64 Å². The first-order valence-corrected chi connectivity index (χ1v) is 11.2. The minimum atomic E-state index is -3.64. The van der Waals surface area contributed by atoms with E-state index in [0.717, 1.165) is 16.8 Å². The van der Waals surface area contributed by atoms with Crippen LogP contribution in [0, 0.1) is 19.8 Å². The molecule has 2 aromatic rings. The normalized spacial score (nSPS) is 17.7. The molecule has 0 aliphatic carbocycles. The molecule has 1 atom stereocenters. The molecule has 0 aromatic heterocycles.